The highest BCUT2D eigenvalue weighted by atomic mass is 16.5. The van der Waals surface area contributed by atoms with Gasteiger partial charge in [-0.25, -0.2) is 0 Å². The number of rotatable bonds is 3. The molecule has 5 nitrogen and oxygen atoms in total. The maximum absolute atomic E-state index is 11.5. The standard InChI is InChI=1S/C11H20N2O3/c1-12(2)6-8-5-9(14)7-13(8)10-3-4-16-11(10)15/h8-10,14H,3-7H2,1-2H3. The molecule has 1 N–H and O–H groups in total. The quantitative estimate of drug-likeness (QED) is 0.647. The first-order valence-electron chi connectivity index (χ1n) is 5.83. The number of esters is 1. The molecule has 2 aliphatic rings. The fourth-order valence-electron chi connectivity index (χ4n) is 2.69. The molecule has 2 saturated heterocycles. The van der Waals surface area contributed by atoms with E-state index >= 15 is 0 Å². The molecule has 92 valence electrons. The van der Waals surface area contributed by atoms with Gasteiger partial charge < -0.3 is 14.7 Å². The molecule has 2 rings (SSSR count). The summed E-state index contributed by atoms with van der Waals surface area (Å²) >= 11 is 0. The van der Waals surface area contributed by atoms with Crippen molar-refractivity contribution in [2.24, 2.45) is 0 Å². The van der Waals surface area contributed by atoms with Crippen molar-refractivity contribution in [3.63, 3.8) is 0 Å². The number of carbonyl (C=O) groups excluding carboxylic acids is 1. The van der Waals surface area contributed by atoms with Gasteiger partial charge in [-0.1, -0.05) is 0 Å². The number of hydrogen-bond acceptors (Lipinski definition) is 5. The maximum Gasteiger partial charge on any atom is 0.323 e. The van der Waals surface area contributed by atoms with E-state index in [2.05, 4.69) is 9.80 Å². The average Bonchev–Trinajstić information content (AvgIpc) is 2.71. The molecule has 0 aromatic heterocycles. The minimum Gasteiger partial charge on any atom is -0.464 e. The second-order valence-electron chi connectivity index (χ2n) is 4.97. The normalized spacial score (nSPS) is 36.0. The van der Waals surface area contributed by atoms with E-state index in [1.807, 2.05) is 14.1 Å². The lowest BCUT2D eigenvalue weighted by molar-refractivity contribution is -0.142. The summed E-state index contributed by atoms with van der Waals surface area (Å²) < 4.78 is 4.99. The summed E-state index contributed by atoms with van der Waals surface area (Å²) in [6.07, 6.45) is 1.20. The maximum atomic E-state index is 11.5. The van der Waals surface area contributed by atoms with Gasteiger partial charge in [0, 0.05) is 25.6 Å². The highest BCUT2D eigenvalue weighted by molar-refractivity contribution is 5.77. The van der Waals surface area contributed by atoms with Gasteiger partial charge in [-0.15, -0.1) is 0 Å². The van der Waals surface area contributed by atoms with Crippen LogP contribution < -0.4 is 0 Å². The fourth-order valence-corrected chi connectivity index (χ4v) is 2.69. The largest absolute Gasteiger partial charge is 0.464 e. The molecule has 16 heavy (non-hydrogen) atoms. The molecule has 2 aliphatic heterocycles. The Morgan fingerprint density at radius 2 is 2.31 bits per heavy atom. The predicted octanol–water partition coefficient (Wildman–Crippen LogP) is -0.701. The van der Waals surface area contributed by atoms with E-state index < -0.39 is 0 Å². The third kappa shape index (κ3) is 2.36. The first-order valence-corrected chi connectivity index (χ1v) is 5.83. The molecule has 5 heteroatoms. The number of likely N-dealkylation sites (N-methyl/N-ethyl adjacent to an activating group) is 1. The topological polar surface area (TPSA) is 53.0 Å². The van der Waals surface area contributed by atoms with Crippen LogP contribution in [0.25, 0.3) is 0 Å². The summed E-state index contributed by atoms with van der Waals surface area (Å²) in [5.74, 6) is -0.127. The van der Waals surface area contributed by atoms with Crippen molar-refractivity contribution in [1.29, 1.82) is 0 Å². The lowest BCUT2D eigenvalue weighted by Gasteiger charge is -2.29. The highest BCUT2D eigenvalue weighted by Crippen LogP contribution is 2.25. The van der Waals surface area contributed by atoms with Gasteiger partial charge in [0.2, 0.25) is 0 Å². The SMILES string of the molecule is CN(C)CC1CC(O)CN1C1CCOC1=O. The van der Waals surface area contributed by atoms with Crippen molar-refractivity contribution in [3.05, 3.63) is 0 Å². The third-order valence-electron chi connectivity index (χ3n) is 3.32. The van der Waals surface area contributed by atoms with Crippen LogP contribution in [0.15, 0.2) is 0 Å². The Morgan fingerprint density at radius 1 is 1.56 bits per heavy atom. The van der Waals surface area contributed by atoms with E-state index in [1.165, 1.54) is 0 Å². The molecule has 0 spiro atoms. The van der Waals surface area contributed by atoms with Crippen LogP contribution in [0.3, 0.4) is 0 Å². The monoisotopic (exact) mass is 228 g/mol. The summed E-state index contributed by atoms with van der Waals surface area (Å²) in [6.45, 7) is 1.99. The number of carbonyl (C=O) groups is 1. The van der Waals surface area contributed by atoms with Crippen LogP contribution in [-0.2, 0) is 9.53 Å². The molecular weight excluding hydrogens is 208 g/mol. The summed E-state index contributed by atoms with van der Waals surface area (Å²) in [5, 5.41) is 9.72. The number of likely N-dealkylation sites (tertiary alicyclic amines) is 1. The van der Waals surface area contributed by atoms with Gasteiger partial charge in [-0.05, 0) is 20.5 Å². The minimum atomic E-state index is -0.307. The molecule has 0 saturated carbocycles. The van der Waals surface area contributed by atoms with E-state index in [0.29, 0.717) is 13.2 Å². The van der Waals surface area contributed by atoms with Crippen LogP contribution in [0, 0.1) is 0 Å². The zero-order valence-electron chi connectivity index (χ0n) is 9.93. The molecule has 2 fully saturated rings. The van der Waals surface area contributed by atoms with Gasteiger partial charge in [-0.3, -0.25) is 9.69 Å². The second kappa shape index (κ2) is 4.69. The fraction of sp³-hybridized carbons (Fsp3) is 0.909. The molecule has 0 bridgehead atoms. The van der Waals surface area contributed by atoms with Crippen LogP contribution in [0.4, 0.5) is 0 Å². The van der Waals surface area contributed by atoms with E-state index in [0.717, 1.165) is 19.4 Å². The number of aliphatic hydroxyl groups is 1. The van der Waals surface area contributed by atoms with Gasteiger partial charge in [0.25, 0.3) is 0 Å². The zero-order chi connectivity index (χ0) is 11.7. The van der Waals surface area contributed by atoms with E-state index in [-0.39, 0.29) is 24.2 Å². The number of ether oxygens (including phenoxy) is 1. The van der Waals surface area contributed by atoms with Crippen molar-refractivity contribution in [3.8, 4) is 0 Å². The second-order valence-corrected chi connectivity index (χ2v) is 4.97. The van der Waals surface area contributed by atoms with Crippen LogP contribution in [-0.4, -0.2) is 72.9 Å². The lowest BCUT2D eigenvalue weighted by Crippen LogP contribution is -2.45. The van der Waals surface area contributed by atoms with Crippen molar-refractivity contribution >= 4 is 5.97 Å². The third-order valence-corrected chi connectivity index (χ3v) is 3.32. The first kappa shape index (κ1) is 11.8. The zero-order valence-corrected chi connectivity index (χ0v) is 9.93. The Kier molecular flexibility index (Phi) is 3.47. The summed E-state index contributed by atoms with van der Waals surface area (Å²) in [5.41, 5.74) is 0. The van der Waals surface area contributed by atoms with Gasteiger partial charge in [0.1, 0.15) is 6.04 Å². The van der Waals surface area contributed by atoms with E-state index in [9.17, 15) is 9.90 Å². The Bertz CT molecular complexity index is 270. The van der Waals surface area contributed by atoms with Crippen molar-refractivity contribution in [2.75, 3.05) is 33.8 Å². The van der Waals surface area contributed by atoms with E-state index in [1.54, 1.807) is 0 Å². The molecule has 2 heterocycles. The number of aliphatic hydroxyl groups excluding tert-OH is 1. The van der Waals surface area contributed by atoms with Crippen molar-refractivity contribution < 1.29 is 14.6 Å². The van der Waals surface area contributed by atoms with Crippen molar-refractivity contribution in [2.45, 2.75) is 31.0 Å². The predicted molar refractivity (Wildman–Crippen MR) is 59.0 cm³/mol. The summed E-state index contributed by atoms with van der Waals surface area (Å²) in [4.78, 5) is 15.7. The molecule has 0 radical (unpaired) electrons. The Labute approximate surface area is 96.0 Å². The number of β-amino-alcohol motifs (C(OH)–C–C–N with tert-alkyl or cyclic N) is 1. The molecule has 3 unspecified atom stereocenters. The van der Waals surface area contributed by atoms with E-state index in [4.69, 9.17) is 4.74 Å². The van der Waals surface area contributed by atoms with Crippen LogP contribution in [0.2, 0.25) is 0 Å². The Hall–Kier alpha value is -0.650. The smallest absolute Gasteiger partial charge is 0.323 e. The Balaban J connectivity index is 2.03. The molecule has 3 atom stereocenters. The molecule has 0 aromatic carbocycles. The highest BCUT2D eigenvalue weighted by Gasteiger charge is 2.41. The van der Waals surface area contributed by atoms with Crippen LogP contribution in [0.5, 0.6) is 0 Å². The van der Waals surface area contributed by atoms with Crippen LogP contribution in [0.1, 0.15) is 12.8 Å². The van der Waals surface area contributed by atoms with Crippen molar-refractivity contribution in [1.82, 2.24) is 9.80 Å². The van der Waals surface area contributed by atoms with Gasteiger partial charge in [0.15, 0.2) is 0 Å². The minimum absolute atomic E-state index is 0.127. The summed E-state index contributed by atoms with van der Waals surface area (Å²) in [6, 6.07) is 0.128. The van der Waals surface area contributed by atoms with Gasteiger partial charge in [0.05, 0.1) is 12.7 Å². The average molecular weight is 228 g/mol. The number of nitrogens with zero attached hydrogens (tertiary/aromatic N) is 2. The molecular formula is C11H20N2O3. The first-order chi connectivity index (χ1) is 7.58. The van der Waals surface area contributed by atoms with Crippen LogP contribution >= 0.6 is 0 Å². The Morgan fingerprint density at radius 3 is 2.88 bits per heavy atom. The molecule has 0 aliphatic carbocycles. The molecule has 0 amide bonds. The lowest BCUT2D eigenvalue weighted by atomic mass is 10.1. The number of cyclic esters (lactones) is 1. The summed E-state index contributed by atoms with van der Waals surface area (Å²) in [7, 11) is 4.02. The molecule has 0 aromatic rings. The van der Waals surface area contributed by atoms with Gasteiger partial charge in [-0.2, -0.15) is 0 Å². The number of hydrogen-bond donors (Lipinski definition) is 1. The van der Waals surface area contributed by atoms with Gasteiger partial charge >= 0.3 is 5.97 Å².